The topological polar surface area (TPSA) is 62.1 Å². The van der Waals surface area contributed by atoms with E-state index in [-0.39, 0.29) is 17.0 Å². The van der Waals surface area contributed by atoms with Gasteiger partial charge in [-0.25, -0.2) is 4.79 Å². The standard InChI is InChI=1S/C22H26N2O3/c1-5-27-18-12-8-15(9-13-18)19-14-20(22(2,3)4)23-24(19)17-10-6-16(7-11-17)21(25)26/h6-13,19H,5,14H2,1-4H3,(H,25,26). The van der Waals surface area contributed by atoms with Crippen LogP contribution in [0.3, 0.4) is 0 Å². The number of carbonyl (C=O) groups is 1. The molecule has 0 saturated heterocycles. The Bertz CT molecular complexity index is 833. The van der Waals surface area contributed by atoms with Crippen LogP contribution < -0.4 is 9.75 Å². The van der Waals surface area contributed by atoms with Gasteiger partial charge in [-0.3, -0.25) is 5.01 Å². The molecule has 0 aromatic heterocycles. The average Bonchev–Trinajstić information content (AvgIpc) is 3.08. The number of hydrogen-bond donors (Lipinski definition) is 1. The Morgan fingerprint density at radius 2 is 1.78 bits per heavy atom. The number of hydrogen-bond acceptors (Lipinski definition) is 4. The Morgan fingerprint density at radius 1 is 1.15 bits per heavy atom. The zero-order valence-corrected chi connectivity index (χ0v) is 16.3. The number of hydrazone groups is 1. The first-order chi connectivity index (χ1) is 12.8. The molecular formula is C22H26N2O3. The first-order valence-corrected chi connectivity index (χ1v) is 9.23. The molecule has 0 fully saturated rings. The fraction of sp³-hybridized carbons (Fsp3) is 0.364. The summed E-state index contributed by atoms with van der Waals surface area (Å²) in [5.41, 5.74) is 3.42. The second-order valence-electron chi connectivity index (χ2n) is 7.72. The molecule has 0 radical (unpaired) electrons. The molecule has 1 heterocycles. The third kappa shape index (κ3) is 4.13. The van der Waals surface area contributed by atoms with Crippen molar-refractivity contribution >= 4 is 17.4 Å². The summed E-state index contributed by atoms with van der Waals surface area (Å²) in [7, 11) is 0. The number of ether oxygens (including phenoxy) is 1. The first-order valence-electron chi connectivity index (χ1n) is 9.23. The number of carboxylic acids is 1. The van der Waals surface area contributed by atoms with Crippen LogP contribution in [0, 0.1) is 5.41 Å². The second kappa shape index (κ2) is 7.43. The van der Waals surface area contributed by atoms with Gasteiger partial charge in [-0.2, -0.15) is 5.10 Å². The number of rotatable bonds is 5. The SMILES string of the molecule is CCOc1ccc(C2CC(C(C)(C)C)=NN2c2ccc(C(=O)O)cc2)cc1. The zero-order chi connectivity index (χ0) is 19.6. The maximum Gasteiger partial charge on any atom is 0.335 e. The third-order valence-corrected chi connectivity index (χ3v) is 4.73. The summed E-state index contributed by atoms with van der Waals surface area (Å²) in [5, 5.41) is 16.0. The summed E-state index contributed by atoms with van der Waals surface area (Å²) in [6.45, 7) is 9.10. The Labute approximate surface area is 160 Å². The molecule has 0 bridgehead atoms. The van der Waals surface area contributed by atoms with E-state index < -0.39 is 5.97 Å². The molecule has 1 aliphatic rings. The van der Waals surface area contributed by atoms with E-state index in [1.807, 2.05) is 36.2 Å². The minimum Gasteiger partial charge on any atom is -0.494 e. The summed E-state index contributed by atoms with van der Waals surface area (Å²) in [5.74, 6) is -0.0708. The van der Waals surface area contributed by atoms with Crippen molar-refractivity contribution in [1.29, 1.82) is 0 Å². The normalized spacial score (nSPS) is 17.0. The van der Waals surface area contributed by atoms with Crippen molar-refractivity contribution < 1.29 is 14.6 Å². The quantitative estimate of drug-likeness (QED) is 0.796. The lowest BCUT2D eigenvalue weighted by Crippen LogP contribution is -2.19. The van der Waals surface area contributed by atoms with Crippen molar-refractivity contribution in [3.05, 3.63) is 59.7 Å². The number of anilines is 1. The predicted molar refractivity (Wildman–Crippen MR) is 108 cm³/mol. The molecule has 1 unspecified atom stereocenters. The van der Waals surface area contributed by atoms with Gasteiger partial charge in [-0.1, -0.05) is 32.9 Å². The maximum atomic E-state index is 11.1. The summed E-state index contributed by atoms with van der Waals surface area (Å²) >= 11 is 0. The molecule has 0 spiro atoms. The minimum absolute atomic E-state index is 0.0285. The number of nitrogens with zero attached hydrogens (tertiary/aromatic N) is 2. The highest BCUT2D eigenvalue weighted by Crippen LogP contribution is 2.39. The van der Waals surface area contributed by atoms with Crippen LogP contribution in [-0.2, 0) is 0 Å². The van der Waals surface area contributed by atoms with E-state index in [1.54, 1.807) is 12.1 Å². The lowest BCUT2D eigenvalue weighted by Gasteiger charge is -2.24. The summed E-state index contributed by atoms with van der Waals surface area (Å²) in [4.78, 5) is 11.1. The van der Waals surface area contributed by atoms with E-state index >= 15 is 0 Å². The van der Waals surface area contributed by atoms with Gasteiger partial charge in [0.25, 0.3) is 0 Å². The Balaban J connectivity index is 1.95. The van der Waals surface area contributed by atoms with Gasteiger partial charge in [0, 0.05) is 17.5 Å². The van der Waals surface area contributed by atoms with Gasteiger partial charge in [0.05, 0.1) is 23.9 Å². The first kappa shape index (κ1) is 19.0. The molecule has 0 aliphatic carbocycles. The fourth-order valence-electron chi connectivity index (χ4n) is 3.17. The lowest BCUT2D eigenvalue weighted by molar-refractivity contribution is 0.0697. The van der Waals surface area contributed by atoms with Crippen LogP contribution >= 0.6 is 0 Å². The van der Waals surface area contributed by atoms with Gasteiger partial charge in [0.2, 0.25) is 0 Å². The van der Waals surface area contributed by atoms with Crippen LogP contribution in [-0.4, -0.2) is 23.4 Å². The van der Waals surface area contributed by atoms with Crippen LogP contribution in [0.25, 0.3) is 0 Å². The molecule has 3 rings (SSSR count). The highest BCUT2D eigenvalue weighted by molar-refractivity contribution is 5.93. The Kier molecular flexibility index (Phi) is 5.22. The van der Waals surface area contributed by atoms with E-state index in [2.05, 4.69) is 32.9 Å². The molecule has 142 valence electrons. The number of carboxylic acid groups (broad SMARTS) is 1. The third-order valence-electron chi connectivity index (χ3n) is 4.73. The Morgan fingerprint density at radius 3 is 2.30 bits per heavy atom. The van der Waals surface area contributed by atoms with Crippen molar-refractivity contribution in [2.45, 2.75) is 40.2 Å². The van der Waals surface area contributed by atoms with Gasteiger partial charge in [0.1, 0.15) is 5.75 Å². The second-order valence-corrected chi connectivity index (χ2v) is 7.72. The molecule has 2 aromatic carbocycles. The number of aromatic carboxylic acids is 1. The monoisotopic (exact) mass is 366 g/mol. The van der Waals surface area contributed by atoms with E-state index in [0.29, 0.717) is 6.61 Å². The van der Waals surface area contributed by atoms with Gasteiger partial charge in [0.15, 0.2) is 0 Å². The van der Waals surface area contributed by atoms with Crippen LogP contribution in [0.1, 0.15) is 56.1 Å². The maximum absolute atomic E-state index is 11.1. The average molecular weight is 366 g/mol. The molecule has 27 heavy (non-hydrogen) atoms. The summed E-state index contributed by atoms with van der Waals surface area (Å²) < 4.78 is 5.55. The molecule has 0 amide bonds. The molecular weight excluding hydrogens is 340 g/mol. The molecule has 1 N–H and O–H groups in total. The van der Waals surface area contributed by atoms with Gasteiger partial charge < -0.3 is 9.84 Å². The van der Waals surface area contributed by atoms with Crippen molar-refractivity contribution in [2.75, 3.05) is 11.6 Å². The van der Waals surface area contributed by atoms with Crippen molar-refractivity contribution in [3.8, 4) is 5.75 Å². The molecule has 5 nitrogen and oxygen atoms in total. The van der Waals surface area contributed by atoms with Crippen LogP contribution in [0.5, 0.6) is 5.75 Å². The zero-order valence-electron chi connectivity index (χ0n) is 16.3. The predicted octanol–water partition coefficient (Wildman–Crippen LogP) is 5.14. The minimum atomic E-state index is -0.926. The van der Waals surface area contributed by atoms with Crippen LogP contribution in [0.15, 0.2) is 53.6 Å². The van der Waals surface area contributed by atoms with Gasteiger partial charge >= 0.3 is 5.97 Å². The van der Waals surface area contributed by atoms with Crippen molar-refractivity contribution in [3.63, 3.8) is 0 Å². The Hall–Kier alpha value is -2.82. The van der Waals surface area contributed by atoms with E-state index in [0.717, 1.165) is 29.1 Å². The molecule has 5 heteroatoms. The number of benzene rings is 2. The largest absolute Gasteiger partial charge is 0.494 e. The van der Waals surface area contributed by atoms with E-state index in [1.165, 1.54) is 0 Å². The van der Waals surface area contributed by atoms with E-state index in [4.69, 9.17) is 14.9 Å². The van der Waals surface area contributed by atoms with E-state index in [9.17, 15) is 4.79 Å². The lowest BCUT2D eigenvalue weighted by atomic mass is 9.86. The molecule has 2 aromatic rings. The smallest absolute Gasteiger partial charge is 0.335 e. The van der Waals surface area contributed by atoms with Crippen LogP contribution in [0.4, 0.5) is 5.69 Å². The highest BCUT2D eigenvalue weighted by Gasteiger charge is 2.34. The summed E-state index contributed by atoms with van der Waals surface area (Å²) in [6, 6.07) is 15.1. The van der Waals surface area contributed by atoms with Gasteiger partial charge in [-0.15, -0.1) is 0 Å². The molecule has 0 saturated carbocycles. The fourth-order valence-corrected chi connectivity index (χ4v) is 3.17. The highest BCUT2D eigenvalue weighted by atomic mass is 16.5. The van der Waals surface area contributed by atoms with Crippen LogP contribution in [0.2, 0.25) is 0 Å². The van der Waals surface area contributed by atoms with Crippen molar-refractivity contribution in [1.82, 2.24) is 0 Å². The summed E-state index contributed by atoms with van der Waals surface area (Å²) in [6.07, 6.45) is 0.832. The van der Waals surface area contributed by atoms with Crippen molar-refractivity contribution in [2.24, 2.45) is 10.5 Å². The molecule has 1 atom stereocenters. The van der Waals surface area contributed by atoms with Gasteiger partial charge in [-0.05, 0) is 48.9 Å². The molecule has 1 aliphatic heterocycles.